The van der Waals surface area contributed by atoms with Crippen LogP contribution in [0.25, 0.3) is 0 Å². The number of ether oxygens (including phenoxy) is 1. The molecule has 0 N–H and O–H groups in total. The number of fused-ring (bicyclic) bond motifs is 1. The number of ketones is 1. The van der Waals surface area contributed by atoms with Gasteiger partial charge in [-0.2, -0.15) is 0 Å². The summed E-state index contributed by atoms with van der Waals surface area (Å²) in [7, 11) is 0. The first-order chi connectivity index (χ1) is 9.66. The van der Waals surface area contributed by atoms with Crippen LogP contribution in [0.3, 0.4) is 0 Å². The normalized spacial score (nSPS) is 21.6. The summed E-state index contributed by atoms with van der Waals surface area (Å²) in [5.74, 6) is -0.816. The van der Waals surface area contributed by atoms with E-state index >= 15 is 0 Å². The average Bonchev–Trinajstić information content (AvgIpc) is 3.02. The van der Waals surface area contributed by atoms with Crippen LogP contribution in [0.15, 0.2) is 22.7 Å². The molecule has 106 valence electrons. The molecule has 0 aromatic heterocycles. The zero-order chi connectivity index (χ0) is 14.1. The lowest BCUT2D eigenvalue weighted by molar-refractivity contribution is -0.114. The van der Waals surface area contributed by atoms with Crippen LogP contribution in [0, 0.1) is 0 Å². The minimum absolute atomic E-state index is 0.327. The molecule has 3 rings (SSSR count). The number of anilines is 1. The van der Waals surface area contributed by atoms with Gasteiger partial charge in [-0.25, -0.2) is 0 Å². The third-order valence-corrected chi connectivity index (χ3v) is 4.36. The van der Waals surface area contributed by atoms with E-state index < -0.39 is 11.7 Å². The maximum atomic E-state index is 12.0. The summed E-state index contributed by atoms with van der Waals surface area (Å²) in [4.78, 5) is 25.6. The smallest absolute Gasteiger partial charge is 0.299 e. The van der Waals surface area contributed by atoms with E-state index in [1.165, 1.54) is 0 Å². The summed E-state index contributed by atoms with van der Waals surface area (Å²) < 4.78 is 6.39. The van der Waals surface area contributed by atoms with Crippen LogP contribution in [0.1, 0.15) is 36.0 Å². The van der Waals surface area contributed by atoms with Gasteiger partial charge in [-0.05, 0) is 43.9 Å². The highest BCUT2D eigenvalue weighted by molar-refractivity contribution is 9.10. The molecule has 1 amide bonds. The summed E-state index contributed by atoms with van der Waals surface area (Å²) in [5.41, 5.74) is 1.23. The number of hydrogen-bond acceptors (Lipinski definition) is 3. The monoisotopic (exact) mass is 337 g/mol. The maximum absolute atomic E-state index is 12.0. The third kappa shape index (κ3) is 2.52. The molecule has 2 aliphatic heterocycles. The minimum atomic E-state index is -0.412. The van der Waals surface area contributed by atoms with E-state index in [9.17, 15) is 9.59 Å². The number of rotatable bonds is 4. The fourth-order valence-electron chi connectivity index (χ4n) is 2.84. The van der Waals surface area contributed by atoms with E-state index in [1.807, 2.05) is 12.1 Å². The van der Waals surface area contributed by atoms with Gasteiger partial charge in [-0.3, -0.25) is 9.59 Å². The standard InChI is InChI=1S/C15H16BrNO3/c16-10-5-6-13-12(9-10)14(18)15(19)17(13)7-1-3-11-4-2-8-20-11/h5-6,9,11H,1-4,7-8H2. The van der Waals surface area contributed by atoms with E-state index in [2.05, 4.69) is 15.9 Å². The molecule has 0 bridgehead atoms. The third-order valence-electron chi connectivity index (χ3n) is 3.87. The van der Waals surface area contributed by atoms with Crippen molar-refractivity contribution >= 4 is 33.3 Å². The molecule has 4 nitrogen and oxygen atoms in total. The van der Waals surface area contributed by atoms with Crippen molar-refractivity contribution in [3.05, 3.63) is 28.2 Å². The molecule has 1 saturated heterocycles. The minimum Gasteiger partial charge on any atom is -0.378 e. The predicted octanol–water partition coefficient (Wildman–Crippen LogP) is 2.94. The van der Waals surface area contributed by atoms with Crippen molar-refractivity contribution in [2.24, 2.45) is 0 Å². The Labute approximate surface area is 126 Å². The van der Waals surface area contributed by atoms with Gasteiger partial charge in [0.15, 0.2) is 0 Å². The molecular weight excluding hydrogens is 322 g/mol. The Balaban J connectivity index is 1.67. The maximum Gasteiger partial charge on any atom is 0.299 e. The Hall–Kier alpha value is -1.20. The zero-order valence-corrected chi connectivity index (χ0v) is 12.7. The first kappa shape index (κ1) is 13.8. The molecule has 2 aliphatic rings. The Bertz CT molecular complexity index is 552. The van der Waals surface area contributed by atoms with E-state index in [0.717, 1.165) is 42.5 Å². The van der Waals surface area contributed by atoms with E-state index in [1.54, 1.807) is 11.0 Å². The highest BCUT2D eigenvalue weighted by Gasteiger charge is 2.35. The van der Waals surface area contributed by atoms with Gasteiger partial charge in [-0.1, -0.05) is 15.9 Å². The van der Waals surface area contributed by atoms with Crippen molar-refractivity contribution in [3.8, 4) is 0 Å². The van der Waals surface area contributed by atoms with Crippen molar-refractivity contribution in [1.29, 1.82) is 0 Å². The Morgan fingerprint density at radius 3 is 2.95 bits per heavy atom. The molecule has 5 heteroatoms. The van der Waals surface area contributed by atoms with Crippen molar-refractivity contribution in [3.63, 3.8) is 0 Å². The fraction of sp³-hybridized carbons (Fsp3) is 0.467. The van der Waals surface area contributed by atoms with Crippen LogP contribution in [0.2, 0.25) is 0 Å². The van der Waals surface area contributed by atoms with Gasteiger partial charge in [-0.15, -0.1) is 0 Å². The molecular formula is C15H16BrNO3. The SMILES string of the molecule is O=C1C(=O)N(CCCC2CCCO2)c2ccc(Br)cc21. The number of benzene rings is 1. The highest BCUT2D eigenvalue weighted by atomic mass is 79.9. The Morgan fingerprint density at radius 1 is 1.35 bits per heavy atom. The van der Waals surface area contributed by atoms with Gasteiger partial charge in [0.1, 0.15) is 0 Å². The van der Waals surface area contributed by atoms with E-state index in [4.69, 9.17) is 4.74 Å². The molecule has 0 spiro atoms. The average molecular weight is 338 g/mol. The van der Waals surface area contributed by atoms with Crippen LogP contribution < -0.4 is 4.90 Å². The lowest BCUT2D eigenvalue weighted by atomic mass is 10.1. The summed E-state index contributed by atoms with van der Waals surface area (Å²) in [6, 6.07) is 5.40. The summed E-state index contributed by atoms with van der Waals surface area (Å²) in [5, 5.41) is 0. The molecule has 0 saturated carbocycles. The molecule has 2 heterocycles. The molecule has 1 fully saturated rings. The largest absolute Gasteiger partial charge is 0.378 e. The second kappa shape index (κ2) is 5.66. The molecule has 1 aromatic carbocycles. The van der Waals surface area contributed by atoms with Gasteiger partial charge in [0.25, 0.3) is 11.7 Å². The first-order valence-corrected chi connectivity index (χ1v) is 7.73. The van der Waals surface area contributed by atoms with Crippen LogP contribution >= 0.6 is 15.9 Å². The number of Topliss-reactive ketones (excluding diaryl/α,β-unsaturated/α-hetero) is 1. The second-order valence-corrected chi connectivity index (χ2v) is 6.14. The van der Waals surface area contributed by atoms with Gasteiger partial charge < -0.3 is 9.64 Å². The lowest BCUT2D eigenvalue weighted by Gasteiger charge is -2.17. The van der Waals surface area contributed by atoms with Crippen LogP contribution in [0.4, 0.5) is 5.69 Å². The molecule has 20 heavy (non-hydrogen) atoms. The van der Waals surface area contributed by atoms with Gasteiger partial charge in [0.2, 0.25) is 0 Å². The summed E-state index contributed by atoms with van der Waals surface area (Å²) >= 11 is 3.33. The number of carbonyl (C=O) groups is 2. The molecule has 0 aliphatic carbocycles. The Morgan fingerprint density at radius 2 is 2.20 bits per heavy atom. The Kier molecular flexibility index (Phi) is 3.89. The zero-order valence-electron chi connectivity index (χ0n) is 11.1. The number of carbonyl (C=O) groups excluding carboxylic acids is 2. The van der Waals surface area contributed by atoms with E-state index in [0.29, 0.717) is 18.2 Å². The lowest BCUT2D eigenvalue weighted by Crippen LogP contribution is -2.31. The molecule has 1 unspecified atom stereocenters. The number of hydrogen-bond donors (Lipinski definition) is 0. The summed E-state index contributed by atoms with van der Waals surface area (Å²) in [6.45, 7) is 1.43. The number of halogens is 1. The van der Waals surface area contributed by atoms with Gasteiger partial charge in [0.05, 0.1) is 17.4 Å². The summed E-state index contributed by atoms with van der Waals surface area (Å²) in [6.07, 6.45) is 4.37. The van der Waals surface area contributed by atoms with Crippen molar-refractivity contribution in [2.45, 2.75) is 31.8 Å². The first-order valence-electron chi connectivity index (χ1n) is 6.94. The highest BCUT2D eigenvalue weighted by Crippen LogP contribution is 2.31. The predicted molar refractivity (Wildman–Crippen MR) is 79.0 cm³/mol. The topological polar surface area (TPSA) is 46.6 Å². The number of amides is 1. The molecule has 1 aromatic rings. The van der Waals surface area contributed by atoms with Crippen LogP contribution in [-0.2, 0) is 9.53 Å². The molecule has 0 radical (unpaired) electrons. The van der Waals surface area contributed by atoms with Crippen LogP contribution in [-0.4, -0.2) is 30.9 Å². The quantitative estimate of drug-likeness (QED) is 0.793. The number of nitrogens with zero attached hydrogens (tertiary/aromatic N) is 1. The van der Waals surface area contributed by atoms with Gasteiger partial charge >= 0.3 is 0 Å². The van der Waals surface area contributed by atoms with Crippen molar-refractivity contribution < 1.29 is 14.3 Å². The van der Waals surface area contributed by atoms with E-state index in [-0.39, 0.29) is 0 Å². The van der Waals surface area contributed by atoms with Crippen molar-refractivity contribution in [1.82, 2.24) is 0 Å². The molecule has 1 atom stereocenters. The van der Waals surface area contributed by atoms with Crippen LogP contribution in [0.5, 0.6) is 0 Å². The second-order valence-electron chi connectivity index (χ2n) is 5.22. The van der Waals surface area contributed by atoms with Crippen molar-refractivity contribution in [2.75, 3.05) is 18.1 Å². The fourth-order valence-corrected chi connectivity index (χ4v) is 3.20. The van der Waals surface area contributed by atoms with Gasteiger partial charge in [0, 0.05) is 17.6 Å².